The van der Waals surface area contributed by atoms with Gasteiger partial charge in [-0.05, 0) is 39.9 Å². The SMILES string of the molecule is O=C(O)c1ccc(SCl)cc1O. The molecule has 0 aromatic heterocycles. The second-order valence-electron chi connectivity index (χ2n) is 2.06. The van der Waals surface area contributed by atoms with Gasteiger partial charge in [0.05, 0.1) is 0 Å². The van der Waals surface area contributed by atoms with Crippen LogP contribution in [0, 0.1) is 0 Å². The molecule has 0 aliphatic carbocycles. The molecule has 0 atom stereocenters. The summed E-state index contributed by atoms with van der Waals surface area (Å²) >= 11 is 0. The molecule has 0 radical (unpaired) electrons. The Hall–Kier alpha value is -0.870. The van der Waals surface area contributed by atoms with Crippen LogP contribution in [0.2, 0.25) is 0 Å². The van der Waals surface area contributed by atoms with E-state index in [1.807, 2.05) is 0 Å². The number of benzene rings is 1. The number of phenols is 1. The Morgan fingerprint density at radius 3 is 2.58 bits per heavy atom. The molecule has 0 spiro atoms. The Bertz CT molecular complexity index is 314. The van der Waals surface area contributed by atoms with E-state index in [1.165, 1.54) is 18.2 Å². The molecular weight excluding hydrogens is 200 g/mol. The normalized spacial score (nSPS) is 9.75. The van der Waals surface area contributed by atoms with E-state index in [1.54, 1.807) is 0 Å². The van der Waals surface area contributed by atoms with Gasteiger partial charge in [0.15, 0.2) is 0 Å². The molecule has 1 aromatic rings. The molecule has 0 saturated heterocycles. The van der Waals surface area contributed by atoms with Crippen LogP contribution in [-0.2, 0) is 0 Å². The van der Waals surface area contributed by atoms with Crippen LogP contribution in [0.1, 0.15) is 10.4 Å². The molecule has 0 heterocycles. The van der Waals surface area contributed by atoms with Gasteiger partial charge in [-0.2, -0.15) is 0 Å². The van der Waals surface area contributed by atoms with Crippen molar-refractivity contribution in [3.05, 3.63) is 23.8 Å². The second-order valence-corrected chi connectivity index (χ2v) is 3.15. The predicted octanol–water partition coefficient (Wildman–Crippen LogP) is 2.34. The molecule has 12 heavy (non-hydrogen) atoms. The molecule has 0 aliphatic rings. The Labute approximate surface area is 77.5 Å². The molecule has 0 aliphatic heterocycles. The van der Waals surface area contributed by atoms with Gasteiger partial charge in [-0.15, -0.1) is 0 Å². The van der Waals surface area contributed by atoms with Crippen molar-refractivity contribution in [3.8, 4) is 5.75 Å². The number of aromatic hydroxyl groups is 1. The number of carboxylic acids is 1. The molecule has 5 heteroatoms. The van der Waals surface area contributed by atoms with E-state index in [2.05, 4.69) is 0 Å². The number of rotatable bonds is 2. The zero-order valence-corrected chi connectivity index (χ0v) is 7.39. The van der Waals surface area contributed by atoms with Crippen LogP contribution in [0.15, 0.2) is 23.1 Å². The molecule has 0 bridgehead atoms. The van der Waals surface area contributed by atoms with Crippen molar-refractivity contribution < 1.29 is 15.0 Å². The minimum atomic E-state index is -1.15. The van der Waals surface area contributed by atoms with E-state index in [4.69, 9.17) is 20.9 Å². The number of halogens is 1. The van der Waals surface area contributed by atoms with Crippen LogP contribution in [0.25, 0.3) is 0 Å². The minimum absolute atomic E-state index is 0.121. The summed E-state index contributed by atoms with van der Waals surface area (Å²) in [7, 11) is 6.31. The standard InChI is InChI=1S/C7H5ClO3S/c8-12-4-1-2-5(7(10)11)6(9)3-4/h1-3,9H,(H,10,11). The third-order valence-electron chi connectivity index (χ3n) is 1.29. The van der Waals surface area contributed by atoms with E-state index >= 15 is 0 Å². The van der Waals surface area contributed by atoms with Gasteiger partial charge in [-0.3, -0.25) is 0 Å². The van der Waals surface area contributed by atoms with Gasteiger partial charge in [0.25, 0.3) is 0 Å². The van der Waals surface area contributed by atoms with Crippen molar-refractivity contribution in [1.29, 1.82) is 0 Å². The zero-order valence-electron chi connectivity index (χ0n) is 5.82. The Balaban J connectivity index is 3.12. The fraction of sp³-hybridized carbons (Fsp3) is 0. The molecule has 0 fully saturated rings. The lowest BCUT2D eigenvalue weighted by Crippen LogP contribution is -1.95. The average Bonchev–Trinajstić information content (AvgIpc) is 2.03. The van der Waals surface area contributed by atoms with Gasteiger partial charge in [-0.1, -0.05) is 0 Å². The van der Waals surface area contributed by atoms with Crippen LogP contribution in [-0.4, -0.2) is 16.2 Å². The fourth-order valence-corrected chi connectivity index (χ4v) is 1.30. The van der Waals surface area contributed by atoms with Gasteiger partial charge in [0.2, 0.25) is 0 Å². The topological polar surface area (TPSA) is 57.5 Å². The number of carbonyl (C=O) groups is 1. The van der Waals surface area contributed by atoms with Crippen molar-refractivity contribution in [2.75, 3.05) is 0 Å². The maximum atomic E-state index is 10.4. The lowest BCUT2D eigenvalue weighted by Gasteiger charge is -1.99. The summed E-state index contributed by atoms with van der Waals surface area (Å²) in [5.41, 5.74) is -0.121. The van der Waals surface area contributed by atoms with Gasteiger partial charge in [-0.25, -0.2) is 4.79 Å². The van der Waals surface area contributed by atoms with Gasteiger partial charge in [0, 0.05) is 4.90 Å². The van der Waals surface area contributed by atoms with Crippen LogP contribution in [0.4, 0.5) is 0 Å². The van der Waals surface area contributed by atoms with Crippen LogP contribution in [0.5, 0.6) is 5.75 Å². The smallest absolute Gasteiger partial charge is 0.339 e. The van der Waals surface area contributed by atoms with E-state index < -0.39 is 5.97 Å². The maximum absolute atomic E-state index is 10.4. The van der Waals surface area contributed by atoms with Crippen molar-refractivity contribution in [3.63, 3.8) is 0 Å². The fourth-order valence-electron chi connectivity index (χ4n) is 0.740. The lowest BCUT2D eigenvalue weighted by molar-refractivity contribution is 0.0693. The maximum Gasteiger partial charge on any atom is 0.339 e. The Morgan fingerprint density at radius 1 is 1.50 bits per heavy atom. The van der Waals surface area contributed by atoms with E-state index in [-0.39, 0.29) is 11.3 Å². The highest BCUT2D eigenvalue weighted by molar-refractivity contribution is 8.21. The summed E-state index contributed by atoms with van der Waals surface area (Å²) in [6, 6.07) is 4.14. The van der Waals surface area contributed by atoms with Crippen molar-refractivity contribution in [2.24, 2.45) is 0 Å². The third kappa shape index (κ3) is 1.84. The highest BCUT2D eigenvalue weighted by Crippen LogP contribution is 2.27. The van der Waals surface area contributed by atoms with Crippen LogP contribution < -0.4 is 0 Å². The van der Waals surface area contributed by atoms with Crippen LogP contribution in [0.3, 0.4) is 0 Å². The molecule has 3 nitrogen and oxygen atoms in total. The van der Waals surface area contributed by atoms with Crippen molar-refractivity contribution in [1.82, 2.24) is 0 Å². The number of carboxylic acid groups (broad SMARTS) is 1. The molecule has 0 saturated carbocycles. The molecule has 0 amide bonds. The summed E-state index contributed by atoms with van der Waals surface area (Å²) < 4.78 is 0. The molecule has 0 unspecified atom stereocenters. The lowest BCUT2D eigenvalue weighted by atomic mass is 10.2. The molecular formula is C7H5ClO3S. The summed E-state index contributed by atoms with van der Waals surface area (Å²) in [4.78, 5) is 11.0. The Morgan fingerprint density at radius 2 is 2.17 bits per heavy atom. The predicted molar refractivity (Wildman–Crippen MR) is 46.8 cm³/mol. The van der Waals surface area contributed by atoms with Crippen LogP contribution >= 0.6 is 21.7 Å². The molecule has 1 aromatic carbocycles. The highest BCUT2D eigenvalue weighted by atomic mass is 35.7. The average molecular weight is 205 g/mol. The monoisotopic (exact) mass is 204 g/mol. The minimum Gasteiger partial charge on any atom is -0.507 e. The molecule has 2 N–H and O–H groups in total. The first kappa shape index (κ1) is 9.22. The first-order valence-electron chi connectivity index (χ1n) is 3.00. The largest absolute Gasteiger partial charge is 0.507 e. The molecule has 64 valence electrons. The quantitative estimate of drug-likeness (QED) is 0.777. The summed E-state index contributed by atoms with van der Waals surface area (Å²) in [6.07, 6.45) is 0. The summed E-state index contributed by atoms with van der Waals surface area (Å²) in [5, 5.41) is 17.7. The van der Waals surface area contributed by atoms with Crippen molar-refractivity contribution >= 4 is 27.6 Å². The molecule has 1 rings (SSSR count). The Kier molecular flexibility index (Phi) is 2.83. The zero-order chi connectivity index (χ0) is 9.14. The van der Waals surface area contributed by atoms with Gasteiger partial charge < -0.3 is 10.2 Å². The summed E-state index contributed by atoms with van der Waals surface area (Å²) in [6.45, 7) is 0. The highest BCUT2D eigenvalue weighted by Gasteiger charge is 2.08. The number of aromatic carboxylic acids is 1. The first-order valence-corrected chi connectivity index (χ1v) is 4.64. The number of hydrogen-bond acceptors (Lipinski definition) is 3. The van der Waals surface area contributed by atoms with E-state index in [0.29, 0.717) is 4.90 Å². The number of hydrogen-bond donors (Lipinski definition) is 2. The summed E-state index contributed by atoms with van der Waals surface area (Å²) in [5.74, 6) is -1.42. The van der Waals surface area contributed by atoms with Gasteiger partial charge in [0.1, 0.15) is 11.3 Å². The van der Waals surface area contributed by atoms with E-state index in [9.17, 15) is 4.79 Å². The van der Waals surface area contributed by atoms with Gasteiger partial charge >= 0.3 is 5.97 Å². The second kappa shape index (κ2) is 3.69. The third-order valence-corrected chi connectivity index (χ3v) is 2.26. The van der Waals surface area contributed by atoms with Crippen molar-refractivity contribution in [2.45, 2.75) is 4.90 Å². The first-order chi connectivity index (χ1) is 5.65. The van der Waals surface area contributed by atoms with E-state index in [0.717, 1.165) is 11.0 Å².